The van der Waals surface area contributed by atoms with E-state index in [1.165, 1.54) is 30.5 Å². The largest absolute Gasteiger partial charge is 0.343 e. The highest BCUT2D eigenvalue weighted by atomic mass is 15.1. The standard InChI is InChI=1S/C15H20N2/c1-14(2,3)13-16-12-8-5-4-7-11(12)15(17-13)9-6-10-15/h4-5,7-8H,6,9-10H2,1-3H3,(H,16,17). The smallest absolute Gasteiger partial charge is 0.107 e. The predicted molar refractivity (Wildman–Crippen MR) is 72.5 cm³/mol. The topological polar surface area (TPSA) is 24.4 Å². The fourth-order valence-corrected chi connectivity index (χ4v) is 2.68. The number of anilines is 1. The maximum absolute atomic E-state index is 5.04. The third-order valence-electron chi connectivity index (χ3n) is 3.90. The summed E-state index contributed by atoms with van der Waals surface area (Å²) in [6.07, 6.45) is 3.70. The summed E-state index contributed by atoms with van der Waals surface area (Å²) in [6, 6.07) is 8.63. The van der Waals surface area contributed by atoms with Crippen molar-refractivity contribution in [2.24, 2.45) is 10.4 Å². The summed E-state index contributed by atoms with van der Waals surface area (Å²) in [5, 5.41) is 3.51. The van der Waals surface area contributed by atoms with E-state index in [1.54, 1.807) is 0 Å². The van der Waals surface area contributed by atoms with Crippen LogP contribution in [0.5, 0.6) is 0 Å². The van der Waals surface area contributed by atoms with Gasteiger partial charge in [-0.25, -0.2) is 0 Å². The van der Waals surface area contributed by atoms with Crippen molar-refractivity contribution >= 4 is 11.5 Å². The van der Waals surface area contributed by atoms with Gasteiger partial charge in [-0.2, -0.15) is 0 Å². The van der Waals surface area contributed by atoms with E-state index in [-0.39, 0.29) is 11.0 Å². The van der Waals surface area contributed by atoms with Crippen molar-refractivity contribution in [1.29, 1.82) is 0 Å². The van der Waals surface area contributed by atoms with Gasteiger partial charge in [0.1, 0.15) is 5.84 Å². The Morgan fingerprint density at radius 3 is 2.47 bits per heavy atom. The normalized spacial score (nSPS) is 21.2. The van der Waals surface area contributed by atoms with Crippen LogP contribution in [0.2, 0.25) is 0 Å². The van der Waals surface area contributed by atoms with Gasteiger partial charge in [0.15, 0.2) is 0 Å². The first kappa shape index (κ1) is 10.8. The minimum Gasteiger partial charge on any atom is -0.343 e. The molecular weight excluding hydrogens is 208 g/mol. The van der Waals surface area contributed by atoms with E-state index in [2.05, 4.69) is 50.4 Å². The van der Waals surface area contributed by atoms with E-state index < -0.39 is 0 Å². The number of amidine groups is 1. The zero-order valence-electron chi connectivity index (χ0n) is 10.9. The Hall–Kier alpha value is -1.31. The maximum Gasteiger partial charge on any atom is 0.107 e. The van der Waals surface area contributed by atoms with Crippen molar-refractivity contribution in [3.8, 4) is 0 Å². The fraction of sp³-hybridized carbons (Fsp3) is 0.533. The third kappa shape index (κ3) is 1.58. The summed E-state index contributed by atoms with van der Waals surface area (Å²) >= 11 is 0. The molecule has 2 aliphatic rings. The summed E-state index contributed by atoms with van der Waals surface area (Å²) in [4.78, 5) is 5.04. The van der Waals surface area contributed by atoms with Crippen LogP contribution in [-0.2, 0) is 5.54 Å². The molecule has 0 atom stereocenters. The SMILES string of the molecule is CC(C)(C)C1=NC2(CCC2)c2ccccc2N1. The van der Waals surface area contributed by atoms with E-state index in [9.17, 15) is 0 Å². The van der Waals surface area contributed by atoms with Gasteiger partial charge in [0, 0.05) is 16.7 Å². The molecule has 1 fully saturated rings. The lowest BCUT2D eigenvalue weighted by molar-refractivity contribution is 0.253. The molecule has 2 heteroatoms. The number of nitrogens with zero attached hydrogens (tertiary/aromatic N) is 1. The minimum absolute atomic E-state index is 0.0878. The van der Waals surface area contributed by atoms with Crippen molar-refractivity contribution < 1.29 is 0 Å². The lowest BCUT2D eigenvalue weighted by Crippen LogP contribution is -2.42. The van der Waals surface area contributed by atoms with Gasteiger partial charge in [0.2, 0.25) is 0 Å². The lowest BCUT2D eigenvalue weighted by atomic mass is 9.70. The van der Waals surface area contributed by atoms with Crippen molar-refractivity contribution in [1.82, 2.24) is 0 Å². The molecule has 90 valence electrons. The molecule has 0 bridgehead atoms. The Labute approximate surface area is 103 Å². The second kappa shape index (κ2) is 3.34. The molecule has 1 heterocycles. The van der Waals surface area contributed by atoms with Crippen LogP contribution >= 0.6 is 0 Å². The van der Waals surface area contributed by atoms with Crippen LogP contribution in [0.15, 0.2) is 29.3 Å². The Balaban J connectivity index is 2.11. The van der Waals surface area contributed by atoms with Gasteiger partial charge in [-0.05, 0) is 25.3 Å². The Kier molecular flexibility index (Phi) is 2.13. The zero-order valence-corrected chi connectivity index (χ0v) is 10.9. The van der Waals surface area contributed by atoms with E-state index in [4.69, 9.17) is 4.99 Å². The molecule has 1 saturated carbocycles. The average Bonchev–Trinajstić information content (AvgIpc) is 2.24. The van der Waals surface area contributed by atoms with Gasteiger partial charge in [-0.1, -0.05) is 39.0 Å². The molecule has 1 aromatic carbocycles. The van der Waals surface area contributed by atoms with Crippen molar-refractivity contribution in [3.05, 3.63) is 29.8 Å². The van der Waals surface area contributed by atoms with Crippen LogP contribution in [0.4, 0.5) is 5.69 Å². The highest BCUT2D eigenvalue weighted by Crippen LogP contribution is 2.50. The van der Waals surface area contributed by atoms with Crippen molar-refractivity contribution in [2.75, 3.05) is 5.32 Å². The monoisotopic (exact) mass is 228 g/mol. The van der Waals surface area contributed by atoms with Crippen LogP contribution < -0.4 is 5.32 Å². The predicted octanol–water partition coefficient (Wildman–Crippen LogP) is 3.94. The molecular formula is C15H20N2. The Bertz CT molecular complexity index is 476. The van der Waals surface area contributed by atoms with E-state index >= 15 is 0 Å². The van der Waals surface area contributed by atoms with Gasteiger partial charge in [0.05, 0.1) is 5.54 Å². The van der Waals surface area contributed by atoms with Crippen molar-refractivity contribution in [2.45, 2.75) is 45.6 Å². The first-order valence-electron chi connectivity index (χ1n) is 6.48. The summed E-state index contributed by atoms with van der Waals surface area (Å²) in [5.41, 5.74) is 2.83. The molecule has 0 amide bonds. The number of hydrogen-bond donors (Lipinski definition) is 1. The van der Waals surface area contributed by atoms with Gasteiger partial charge in [-0.15, -0.1) is 0 Å². The molecule has 1 spiro atoms. The summed E-state index contributed by atoms with van der Waals surface area (Å²) < 4.78 is 0. The maximum atomic E-state index is 5.04. The van der Waals surface area contributed by atoms with Crippen LogP contribution in [0.3, 0.4) is 0 Å². The number of fused-ring (bicyclic) bond motifs is 2. The number of rotatable bonds is 0. The van der Waals surface area contributed by atoms with E-state index in [1.807, 2.05) is 0 Å². The first-order valence-corrected chi connectivity index (χ1v) is 6.48. The van der Waals surface area contributed by atoms with Gasteiger partial charge in [0.25, 0.3) is 0 Å². The van der Waals surface area contributed by atoms with Crippen LogP contribution in [0.25, 0.3) is 0 Å². The molecule has 1 N–H and O–H groups in total. The van der Waals surface area contributed by atoms with E-state index in [0.717, 1.165) is 5.84 Å². The van der Waals surface area contributed by atoms with Crippen LogP contribution in [-0.4, -0.2) is 5.84 Å². The van der Waals surface area contributed by atoms with Gasteiger partial charge < -0.3 is 5.32 Å². The molecule has 0 aromatic heterocycles. The second-order valence-electron chi connectivity index (χ2n) is 6.27. The van der Waals surface area contributed by atoms with Crippen LogP contribution in [0, 0.1) is 5.41 Å². The zero-order chi connectivity index (χ0) is 12.1. The van der Waals surface area contributed by atoms with Gasteiger partial charge >= 0.3 is 0 Å². The van der Waals surface area contributed by atoms with Crippen molar-refractivity contribution in [3.63, 3.8) is 0 Å². The van der Waals surface area contributed by atoms with Gasteiger partial charge in [-0.3, -0.25) is 4.99 Å². The molecule has 2 nitrogen and oxygen atoms in total. The molecule has 1 aromatic rings. The molecule has 0 unspecified atom stereocenters. The number of hydrogen-bond acceptors (Lipinski definition) is 2. The highest BCUT2D eigenvalue weighted by Gasteiger charge is 2.43. The van der Waals surface area contributed by atoms with E-state index in [0.29, 0.717) is 0 Å². The first-order chi connectivity index (χ1) is 8.01. The number of aliphatic imine (C=N–C) groups is 1. The summed E-state index contributed by atoms with van der Waals surface area (Å²) in [6.45, 7) is 6.66. The third-order valence-corrected chi connectivity index (χ3v) is 3.90. The van der Waals surface area contributed by atoms with Crippen LogP contribution in [0.1, 0.15) is 45.6 Å². The molecule has 17 heavy (non-hydrogen) atoms. The fourth-order valence-electron chi connectivity index (χ4n) is 2.68. The molecule has 0 radical (unpaired) electrons. The quantitative estimate of drug-likeness (QED) is 0.714. The Morgan fingerprint density at radius 1 is 1.18 bits per heavy atom. The minimum atomic E-state index is 0.0878. The lowest BCUT2D eigenvalue weighted by Gasteiger charge is -2.45. The summed E-state index contributed by atoms with van der Waals surface area (Å²) in [5.74, 6) is 1.14. The Morgan fingerprint density at radius 2 is 1.88 bits per heavy atom. The second-order valence-corrected chi connectivity index (χ2v) is 6.27. The average molecular weight is 228 g/mol. The highest BCUT2D eigenvalue weighted by molar-refractivity contribution is 6.01. The number of para-hydroxylation sites is 1. The molecule has 1 aliphatic heterocycles. The molecule has 3 rings (SSSR count). The molecule has 0 saturated heterocycles. The number of benzene rings is 1. The number of nitrogens with one attached hydrogen (secondary N) is 1. The molecule has 1 aliphatic carbocycles. The summed E-state index contributed by atoms with van der Waals surface area (Å²) in [7, 11) is 0.